The van der Waals surface area contributed by atoms with E-state index in [2.05, 4.69) is 34.6 Å². The maximum absolute atomic E-state index is 12.9. The second-order valence-electron chi connectivity index (χ2n) is 22.1. The van der Waals surface area contributed by atoms with E-state index in [1.165, 1.54) is 238 Å². The van der Waals surface area contributed by atoms with Crippen molar-refractivity contribution in [2.45, 2.75) is 355 Å². The van der Waals surface area contributed by atoms with Crippen molar-refractivity contribution in [2.24, 2.45) is 11.8 Å². The van der Waals surface area contributed by atoms with Gasteiger partial charge in [-0.05, 0) is 31.1 Å². The van der Waals surface area contributed by atoms with Gasteiger partial charge in [-0.15, -0.1) is 0 Å². The lowest BCUT2D eigenvalue weighted by atomic mass is 9.99. The molecule has 2 atom stereocenters. The van der Waals surface area contributed by atoms with E-state index in [1.54, 1.807) is 0 Å². The highest BCUT2D eigenvalue weighted by molar-refractivity contribution is 5.71. The van der Waals surface area contributed by atoms with E-state index >= 15 is 0 Å². The van der Waals surface area contributed by atoms with Gasteiger partial charge in [-0.2, -0.15) is 0 Å². The number of rotatable bonds is 56. The largest absolute Gasteiger partial charge is 0.462 e. The van der Waals surface area contributed by atoms with Crippen molar-refractivity contribution in [3.8, 4) is 0 Å². The topological polar surface area (TPSA) is 78.9 Å². The summed E-state index contributed by atoms with van der Waals surface area (Å²) in [6, 6.07) is 0. The second kappa shape index (κ2) is 54.7. The molecule has 68 heavy (non-hydrogen) atoms. The number of unbranched alkanes of at least 4 members (excludes halogenated alkanes) is 40. The first-order chi connectivity index (χ1) is 33.3. The maximum atomic E-state index is 12.9. The molecule has 404 valence electrons. The molecule has 0 radical (unpaired) electrons. The van der Waals surface area contributed by atoms with Crippen molar-refractivity contribution in [2.75, 3.05) is 13.2 Å². The van der Waals surface area contributed by atoms with Crippen molar-refractivity contribution >= 4 is 17.9 Å². The van der Waals surface area contributed by atoms with Gasteiger partial charge in [0.1, 0.15) is 13.2 Å². The first-order valence-corrected chi connectivity index (χ1v) is 30.8. The van der Waals surface area contributed by atoms with Crippen LogP contribution in [-0.4, -0.2) is 37.2 Å². The van der Waals surface area contributed by atoms with Crippen LogP contribution in [0.1, 0.15) is 349 Å². The Hall–Kier alpha value is -1.59. The van der Waals surface area contributed by atoms with E-state index in [1.807, 2.05) is 0 Å². The zero-order valence-electron chi connectivity index (χ0n) is 46.7. The Labute approximate surface area is 425 Å². The number of hydrogen-bond acceptors (Lipinski definition) is 6. The molecule has 0 aliphatic carbocycles. The fourth-order valence-corrected chi connectivity index (χ4v) is 9.55. The molecule has 0 spiro atoms. The Morgan fingerprint density at radius 3 is 0.838 bits per heavy atom. The summed E-state index contributed by atoms with van der Waals surface area (Å²) in [5.41, 5.74) is 0. The van der Waals surface area contributed by atoms with E-state index in [0.29, 0.717) is 19.3 Å². The third-order valence-electron chi connectivity index (χ3n) is 14.6. The van der Waals surface area contributed by atoms with Gasteiger partial charge in [0.05, 0.1) is 0 Å². The minimum Gasteiger partial charge on any atom is -0.462 e. The van der Waals surface area contributed by atoms with Crippen LogP contribution in [0.4, 0.5) is 0 Å². The van der Waals surface area contributed by atoms with Crippen LogP contribution >= 0.6 is 0 Å². The predicted molar refractivity (Wildman–Crippen MR) is 293 cm³/mol. The van der Waals surface area contributed by atoms with Gasteiger partial charge in [-0.1, -0.05) is 311 Å². The van der Waals surface area contributed by atoms with Crippen molar-refractivity contribution in [1.29, 1.82) is 0 Å². The summed E-state index contributed by atoms with van der Waals surface area (Å²) in [4.78, 5) is 38.2. The lowest BCUT2D eigenvalue weighted by Gasteiger charge is -2.18. The average molecular weight is 962 g/mol. The van der Waals surface area contributed by atoms with Crippen molar-refractivity contribution in [3.63, 3.8) is 0 Å². The summed E-state index contributed by atoms with van der Waals surface area (Å²) in [6.07, 6.45) is 59.5. The summed E-state index contributed by atoms with van der Waals surface area (Å²) < 4.78 is 16.9. The Kier molecular flexibility index (Phi) is 53.5. The molecule has 1 unspecified atom stereocenters. The van der Waals surface area contributed by atoms with E-state index < -0.39 is 6.10 Å². The van der Waals surface area contributed by atoms with Crippen LogP contribution in [0.3, 0.4) is 0 Å². The Bertz CT molecular complexity index is 1040. The molecule has 0 amide bonds. The SMILES string of the molecule is CCCCCCCCCCCCCCCC(=O)OC[C@@H](COC(=O)CCCCCCCCCCCCCCCCCCC(C)C)OC(=O)CCCCCCCCCCCCCCCCC(C)CC. The number of esters is 3. The normalized spacial score (nSPS) is 12.4. The fourth-order valence-electron chi connectivity index (χ4n) is 9.55. The standard InChI is InChI=1S/C62H120O6/c1-6-8-9-10-11-12-13-20-27-32-37-42-47-52-60(63)66-55-59(68-62(65)54-49-44-39-34-29-24-19-18-22-26-31-36-41-46-51-58(5)7-2)56-67-61(64)53-48-43-38-33-28-23-17-15-14-16-21-25-30-35-40-45-50-57(3)4/h57-59H,6-56H2,1-5H3/t58?,59-/m0/s1. The van der Waals surface area contributed by atoms with E-state index in [0.717, 1.165) is 69.6 Å². The first kappa shape index (κ1) is 66.4. The molecule has 0 heterocycles. The molecule has 0 N–H and O–H groups in total. The molecule has 0 aromatic carbocycles. The van der Waals surface area contributed by atoms with Crippen LogP contribution in [-0.2, 0) is 28.6 Å². The number of hydrogen-bond donors (Lipinski definition) is 0. The van der Waals surface area contributed by atoms with Gasteiger partial charge < -0.3 is 14.2 Å². The van der Waals surface area contributed by atoms with Crippen LogP contribution in [0.5, 0.6) is 0 Å². The summed E-state index contributed by atoms with van der Waals surface area (Å²) in [7, 11) is 0. The fraction of sp³-hybridized carbons (Fsp3) is 0.952. The molecule has 0 aromatic heterocycles. The summed E-state index contributed by atoms with van der Waals surface area (Å²) in [5.74, 6) is 0.913. The Balaban J connectivity index is 4.27. The van der Waals surface area contributed by atoms with Gasteiger partial charge in [0.15, 0.2) is 6.10 Å². The summed E-state index contributed by atoms with van der Waals surface area (Å²) >= 11 is 0. The quantitative estimate of drug-likeness (QED) is 0.0343. The van der Waals surface area contributed by atoms with Gasteiger partial charge in [0.25, 0.3) is 0 Å². The van der Waals surface area contributed by atoms with E-state index in [-0.39, 0.29) is 31.1 Å². The minimum absolute atomic E-state index is 0.0621. The maximum Gasteiger partial charge on any atom is 0.306 e. The van der Waals surface area contributed by atoms with Gasteiger partial charge >= 0.3 is 17.9 Å². The summed E-state index contributed by atoms with van der Waals surface area (Å²) in [6.45, 7) is 11.5. The van der Waals surface area contributed by atoms with Gasteiger partial charge in [-0.25, -0.2) is 0 Å². The average Bonchev–Trinajstić information content (AvgIpc) is 3.32. The van der Waals surface area contributed by atoms with Gasteiger partial charge in [0.2, 0.25) is 0 Å². The number of ether oxygens (including phenoxy) is 3. The molecule has 0 saturated carbocycles. The van der Waals surface area contributed by atoms with Gasteiger partial charge in [0, 0.05) is 19.3 Å². The second-order valence-corrected chi connectivity index (χ2v) is 22.1. The minimum atomic E-state index is -0.763. The monoisotopic (exact) mass is 961 g/mol. The zero-order chi connectivity index (χ0) is 49.6. The molecule has 0 bridgehead atoms. The highest BCUT2D eigenvalue weighted by Gasteiger charge is 2.19. The Morgan fingerprint density at radius 2 is 0.559 bits per heavy atom. The predicted octanol–water partition coefficient (Wildman–Crippen LogP) is 20.4. The van der Waals surface area contributed by atoms with E-state index in [4.69, 9.17) is 14.2 Å². The lowest BCUT2D eigenvalue weighted by Crippen LogP contribution is -2.30. The van der Waals surface area contributed by atoms with Crippen LogP contribution in [0.25, 0.3) is 0 Å². The molecule has 0 rings (SSSR count). The number of carbonyl (C=O) groups is 3. The highest BCUT2D eigenvalue weighted by atomic mass is 16.6. The molecule has 0 saturated heterocycles. The zero-order valence-corrected chi connectivity index (χ0v) is 46.7. The molecule has 6 nitrogen and oxygen atoms in total. The molecule has 6 heteroatoms. The van der Waals surface area contributed by atoms with Crippen LogP contribution in [0, 0.1) is 11.8 Å². The highest BCUT2D eigenvalue weighted by Crippen LogP contribution is 2.19. The first-order valence-electron chi connectivity index (χ1n) is 30.8. The van der Waals surface area contributed by atoms with Crippen LogP contribution in [0.2, 0.25) is 0 Å². The smallest absolute Gasteiger partial charge is 0.306 e. The third kappa shape index (κ3) is 53.8. The van der Waals surface area contributed by atoms with Crippen molar-refractivity contribution < 1.29 is 28.6 Å². The molecular formula is C62H120O6. The van der Waals surface area contributed by atoms with E-state index in [9.17, 15) is 14.4 Å². The number of carbonyl (C=O) groups excluding carboxylic acids is 3. The van der Waals surface area contributed by atoms with Crippen LogP contribution < -0.4 is 0 Å². The molecular weight excluding hydrogens is 841 g/mol. The molecule has 0 aromatic rings. The molecule has 0 aliphatic rings. The van der Waals surface area contributed by atoms with Crippen molar-refractivity contribution in [3.05, 3.63) is 0 Å². The third-order valence-corrected chi connectivity index (χ3v) is 14.6. The summed E-state index contributed by atoms with van der Waals surface area (Å²) in [5, 5.41) is 0. The molecule has 0 fully saturated rings. The van der Waals surface area contributed by atoms with Crippen molar-refractivity contribution in [1.82, 2.24) is 0 Å². The molecule has 0 aliphatic heterocycles. The van der Waals surface area contributed by atoms with Gasteiger partial charge in [-0.3, -0.25) is 14.4 Å². The Morgan fingerprint density at radius 1 is 0.309 bits per heavy atom. The lowest BCUT2D eigenvalue weighted by molar-refractivity contribution is -0.167. The van der Waals surface area contributed by atoms with Crippen LogP contribution in [0.15, 0.2) is 0 Å².